The van der Waals surface area contributed by atoms with E-state index in [-0.39, 0.29) is 24.9 Å². The molecular weight excluding hydrogens is 382 g/mol. The number of rotatable bonds is 3. The lowest BCUT2D eigenvalue weighted by molar-refractivity contribution is -0.131. The molecule has 29 heavy (non-hydrogen) atoms. The number of carbonyl (C=O) groups is 1. The van der Waals surface area contributed by atoms with Crippen molar-refractivity contribution in [1.29, 1.82) is 0 Å². The molecule has 0 saturated carbocycles. The first-order chi connectivity index (χ1) is 14.0. The smallest absolute Gasteiger partial charge is 0.287 e. The average Bonchev–Trinajstić information content (AvgIpc) is 3.37. The second-order valence-electron chi connectivity index (χ2n) is 6.97. The van der Waals surface area contributed by atoms with E-state index in [1.807, 2.05) is 0 Å². The summed E-state index contributed by atoms with van der Waals surface area (Å²) in [5.41, 5.74) is 2.23. The van der Waals surface area contributed by atoms with Gasteiger partial charge in [-0.2, -0.15) is 5.10 Å². The summed E-state index contributed by atoms with van der Waals surface area (Å²) in [5, 5.41) is 4.00. The number of amides is 1. The number of piperidine rings is 1. The molecule has 5 rings (SSSR count). The van der Waals surface area contributed by atoms with Gasteiger partial charge in [-0.1, -0.05) is 0 Å². The molecule has 0 N–H and O–H groups in total. The number of carbonyl (C=O) groups excluding carboxylic acids is 1. The Balaban J connectivity index is 1.38. The van der Waals surface area contributed by atoms with Gasteiger partial charge < -0.3 is 9.64 Å². The number of alkyl halides is 2. The molecule has 0 bridgehead atoms. The van der Waals surface area contributed by atoms with Crippen LogP contribution in [0.4, 0.5) is 8.78 Å². The first kappa shape index (κ1) is 17.7. The summed E-state index contributed by atoms with van der Waals surface area (Å²) in [6.45, 7) is 0.0726. The molecule has 3 aromatic rings. The highest BCUT2D eigenvalue weighted by Gasteiger charge is 2.47. The van der Waals surface area contributed by atoms with E-state index in [4.69, 9.17) is 4.74 Å². The van der Waals surface area contributed by atoms with Crippen LogP contribution in [0.15, 0.2) is 41.8 Å². The number of halogens is 2. The van der Waals surface area contributed by atoms with Crippen molar-refractivity contribution in [2.24, 2.45) is 4.99 Å². The number of hydrogen-bond acceptors (Lipinski definition) is 6. The average molecular weight is 398 g/mol. The van der Waals surface area contributed by atoms with Crippen LogP contribution in [0.5, 0.6) is 5.88 Å². The lowest BCUT2D eigenvalue weighted by Crippen LogP contribution is -2.55. The normalized spacial score (nSPS) is 20.1. The van der Waals surface area contributed by atoms with Gasteiger partial charge in [0.15, 0.2) is 11.8 Å². The fourth-order valence-electron chi connectivity index (χ4n) is 3.54. The van der Waals surface area contributed by atoms with Crippen molar-refractivity contribution in [2.75, 3.05) is 13.1 Å². The highest BCUT2D eigenvalue weighted by Crippen LogP contribution is 2.32. The third kappa shape index (κ3) is 3.10. The van der Waals surface area contributed by atoms with Crippen molar-refractivity contribution < 1.29 is 18.3 Å². The molecular formula is C19H16F2N6O2. The lowest BCUT2D eigenvalue weighted by Gasteiger charge is -2.38. The van der Waals surface area contributed by atoms with Gasteiger partial charge in [0.2, 0.25) is 5.88 Å². The van der Waals surface area contributed by atoms with Crippen LogP contribution < -0.4 is 4.74 Å². The van der Waals surface area contributed by atoms with E-state index in [0.717, 1.165) is 5.56 Å². The second-order valence-corrected chi connectivity index (χ2v) is 6.97. The number of fused-ring (bicyclic) bond motifs is 2. The summed E-state index contributed by atoms with van der Waals surface area (Å²) in [4.78, 5) is 26.8. The molecule has 3 aromatic heterocycles. The van der Waals surface area contributed by atoms with Crippen LogP contribution in [-0.2, 0) is 6.54 Å². The molecule has 1 amide bonds. The Labute approximate surface area is 163 Å². The van der Waals surface area contributed by atoms with Crippen LogP contribution in [0.1, 0.15) is 28.0 Å². The summed E-state index contributed by atoms with van der Waals surface area (Å²) in [6, 6.07) is 6.56. The fraction of sp³-hybridized carbons (Fsp3) is 0.316. The van der Waals surface area contributed by atoms with Gasteiger partial charge in [0.25, 0.3) is 11.8 Å². The highest BCUT2D eigenvalue weighted by atomic mass is 19.3. The zero-order chi connectivity index (χ0) is 20.0. The number of pyridine rings is 2. The van der Waals surface area contributed by atoms with Gasteiger partial charge in [-0.05, 0) is 18.2 Å². The predicted octanol–water partition coefficient (Wildman–Crippen LogP) is 1.99. The SMILES string of the molecule is O=C(c1cccn2ncnc12)N1CCC(F)(F)C(Oc2ccc3c(n2)CN=C3)C1. The van der Waals surface area contributed by atoms with Crippen LogP contribution in [0, 0.1) is 0 Å². The first-order valence-corrected chi connectivity index (χ1v) is 9.13. The molecule has 1 unspecified atom stereocenters. The largest absolute Gasteiger partial charge is 0.466 e. The third-order valence-electron chi connectivity index (χ3n) is 5.11. The van der Waals surface area contributed by atoms with Crippen molar-refractivity contribution >= 4 is 17.8 Å². The molecule has 8 nitrogen and oxygen atoms in total. The van der Waals surface area contributed by atoms with E-state index in [1.54, 1.807) is 36.7 Å². The fourth-order valence-corrected chi connectivity index (χ4v) is 3.54. The molecule has 0 spiro atoms. The molecule has 10 heteroatoms. The molecule has 1 atom stereocenters. The van der Waals surface area contributed by atoms with Gasteiger partial charge in [-0.25, -0.2) is 23.3 Å². The Morgan fingerprint density at radius 2 is 2.17 bits per heavy atom. The molecule has 0 radical (unpaired) electrons. The molecule has 2 aliphatic rings. The zero-order valence-corrected chi connectivity index (χ0v) is 15.2. The van der Waals surface area contributed by atoms with Gasteiger partial charge >= 0.3 is 0 Å². The Bertz CT molecular complexity index is 1130. The maximum atomic E-state index is 14.5. The summed E-state index contributed by atoms with van der Waals surface area (Å²) >= 11 is 0. The van der Waals surface area contributed by atoms with Crippen molar-refractivity contribution in [2.45, 2.75) is 25.0 Å². The zero-order valence-electron chi connectivity index (χ0n) is 15.2. The minimum absolute atomic E-state index is 0.0770. The van der Waals surface area contributed by atoms with E-state index in [2.05, 4.69) is 20.1 Å². The van der Waals surface area contributed by atoms with Gasteiger partial charge in [-0.15, -0.1) is 0 Å². The predicted molar refractivity (Wildman–Crippen MR) is 98.4 cm³/mol. The number of nitrogens with zero attached hydrogens (tertiary/aromatic N) is 6. The van der Waals surface area contributed by atoms with Crippen molar-refractivity contribution in [3.8, 4) is 5.88 Å². The van der Waals surface area contributed by atoms with Crippen LogP contribution in [-0.4, -0.2) is 61.7 Å². The standard InChI is InChI=1S/C19H16F2N6O2/c20-19(21)5-7-26(18(28)13-2-1-6-27-17(13)23-11-24-27)10-15(19)29-16-4-3-12-8-22-9-14(12)25-16/h1-4,6,8,11,15H,5,7,9-10H2. The van der Waals surface area contributed by atoms with Crippen molar-refractivity contribution in [3.05, 3.63) is 53.6 Å². The number of aromatic nitrogens is 4. The van der Waals surface area contributed by atoms with Crippen molar-refractivity contribution in [1.82, 2.24) is 24.5 Å². The van der Waals surface area contributed by atoms with E-state index in [0.29, 0.717) is 23.4 Å². The van der Waals surface area contributed by atoms with E-state index in [1.165, 1.54) is 15.7 Å². The minimum Gasteiger partial charge on any atom is -0.466 e. The quantitative estimate of drug-likeness (QED) is 0.674. The topological polar surface area (TPSA) is 85.0 Å². The minimum atomic E-state index is -3.07. The number of hydrogen-bond donors (Lipinski definition) is 0. The Morgan fingerprint density at radius 3 is 3.07 bits per heavy atom. The maximum Gasteiger partial charge on any atom is 0.287 e. The Kier molecular flexibility index (Phi) is 4.00. The van der Waals surface area contributed by atoms with E-state index in [9.17, 15) is 13.6 Å². The number of likely N-dealkylation sites (tertiary alicyclic amines) is 1. The molecule has 0 aromatic carbocycles. The molecule has 148 valence electrons. The number of aliphatic imine (C=N–C) groups is 1. The summed E-state index contributed by atoms with van der Waals surface area (Å²) < 4.78 is 36.1. The third-order valence-corrected chi connectivity index (χ3v) is 5.11. The van der Waals surface area contributed by atoms with Gasteiger partial charge in [-0.3, -0.25) is 9.79 Å². The monoisotopic (exact) mass is 398 g/mol. The second kappa shape index (κ2) is 6.57. The summed E-state index contributed by atoms with van der Waals surface area (Å²) in [5.74, 6) is -3.36. The Morgan fingerprint density at radius 1 is 1.28 bits per heavy atom. The van der Waals surface area contributed by atoms with Crippen LogP contribution in [0.2, 0.25) is 0 Å². The maximum absolute atomic E-state index is 14.5. The van der Waals surface area contributed by atoms with Crippen LogP contribution in [0.3, 0.4) is 0 Å². The molecule has 1 saturated heterocycles. The van der Waals surface area contributed by atoms with Crippen molar-refractivity contribution in [3.63, 3.8) is 0 Å². The molecule has 1 fully saturated rings. The molecule has 5 heterocycles. The first-order valence-electron chi connectivity index (χ1n) is 9.13. The Hall–Kier alpha value is -3.43. The highest BCUT2D eigenvalue weighted by molar-refractivity contribution is 5.99. The van der Waals surface area contributed by atoms with Crippen LogP contribution >= 0.6 is 0 Å². The summed E-state index contributed by atoms with van der Waals surface area (Å²) in [6.07, 6.45) is 2.70. The van der Waals surface area contributed by atoms with Crippen LogP contribution in [0.25, 0.3) is 5.65 Å². The molecule has 0 aliphatic carbocycles. The lowest BCUT2D eigenvalue weighted by atomic mass is 10.0. The van der Waals surface area contributed by atoms with E-state index >= 15 is 0 Å². The van der Waals surface area contributed by atoms with Gasteiger partial charge in [0, 0.05) is 37.0 Å². The number of ether oxygens (including phenoxy) is 1. The van der Waals surface area contributed by atoms with E-state index < -0.39 is 18.4 Å². The molecule has 2 aliphatic heterocycles. The van der Waals surface area contributed by atoms with Gasteiger partial charge in [0.05, 0.1) is 24.3 Å². The van der Waals surface area contributed by atoms with Gasteiger partial charge in [0.1, 0.15) is 6.33 Å². The summed E-state index contributed by atoms with van der Waals surface area (Å²) in [7, 11) is 0.